The second-order valence-electron chi connectivity index (χ2n) is 7.70. The Morgan fingerprint density at radius 3 is 2.22 bits per heavy atom. The lowest BCUT2D eigenvalue weighted by Crippen LogP contribution is -2.35. The largest absolute Gasteiger partial charge is 0.463 e. The first-order chi connectivity index (χ1) is 15.7. The van der Waals surface area contributed by atoms with Crippen LogP contribution in [0.5, 0.6) is 0 Å². The fraction of sp³-hybridized carbons (Fsp3) is 0.250. The van der Waals surface area contributed by atoms with Gasteiger partial charge in [-0.05, 0) is 55.3 Å². The summed E-state index contributed by atoms with van der Waals surface area (Å²) in [4.78, 5) is 33.9. The maximum Gasteiger partial charge on any atom is 0.338 e. The molecule has 0 saturated heterocycles. The summed E-state index contributed by atoms with van der Waals surface area (Å²) in [5.41, 5.74) is 2.41. The van der Waals surface area contributed by atoms with E-state index in [4.69, 9.17) is 13.6 Å². The molecule has 1 aliphatic carbocycles. The van der Waals surface area contributed by atoms with Crippen LogP contribution in [0, 0.1) is 0 Å². The predicted octanol–water partition coefficient (Wildman–Crippen LogP) is 4.37. The van der Waals surface area contributed by atoms with Crippen LogP contribution >= 0.6 is 0 Å². The number of esters is 1. The summed E-state index contributed by atoms with van der Waals surface area (Å²) in [5, 5.41) is 2.90. The minimum atomic E-state index is -0.593. The second-order valence-corrected chi connectivity index (χ2v) is 7.70. The van der Waals surface area contributed by atoms with Crippen LogP contribution in [0.2, 0.25) is 0 Å². The summed E-state index contributed by atoms with van der Waals surface area (Å²) in [6.07, 6.45) is 7.30. The average molecular weight is 431 g/mol. The molecular formula is C24H21N3O5. The van der Waals surface area contributed by atoms with Crippen LogP contribution < -0.4 is 5.32 Å². The molecule has 32 heavy (non-hydrogen) atoms. The number of furan rings is 2. The summed E-state index contributed by atoms with van der Waals surface area (Å²) in [7, 11) is 0. The third kappa shape index (κ3) is 4.12. The summed E-state index contributed by atoms with van der Waals surface area (Å²) in [5.74, 6) is 0.212. The molecule has 0 aliphatic heterocycles. The summed E-state index contributed by atoms with van der Waals surface area (Å²) in [6, 6.07) is 12.2. The normalized spacial score (nSPS) is 14.0. The van der Waals surface area contributed by atoms with Crippen LogP contribution in [-0.4, -0.2) is 34.5 Å². The van der Waals surface area contributed by atoms with Crippen LogP contribution in [0.3, 0.4) is 0 Å². The number of nitrogens with zero attached hydrogens (tertiary/aromatic N) is 2. The number of rotatable bonds is 6. The van der Waals surface area contributed by atoms with Gasteiger partial charge < -0.3 is 18.9 Å². The zero-order valence-electron chi connectivity index (χ0n) is 17.2. The lowest BCUT2D eigenvalue weighted by Gasteiger charge is -2.12. The van der Waals surface area contributed by atoms with Crippen LogP contribution in [0.4, 0.5) is 0 Å². The van der Waals surface area contributed by atoms with Gasteiger partial charge in [0, 0.05) is 6.04 Å². The fourth-order valence-corrected chi connectivity index (χ4v) is 3.91. The molecule has 0 spiro atoms. The molecule has 162 valence electrons. The van der Waals surface area contributed by atoms with Crippen molar-refractivity contribution in [3.8, 4) is 22.9 Å². The SMILES string of the molecule is O=C(COC(=O)c1ccc2nc(-c3ccco3)c(-c3ccco3)nc2c1)NC1CCCC1. The number of amides is 1. The molecule has 3 aromatic heterocycles. The van der Waals surface area contributed by atoms with Gasteiger partial charge in [-0.15, -0.1) is 0 Å². The molecule has 0 bridgehead atoms. The zero-order valence-corrected chi connectivity index (χ0v) is 17.2. The van der Waals surface area contributed by atoms with Crippen molar-refractivity contribution in [2.45, 2.75) is 31.7 Å². The lowest BCUT2D eigenvalue weighted by molar-refractivity contribution is -0.124. The van der Waals surface area contributed by atoms with Crippen molar-refractivity contribution < 1.29 is 23.2 Å². The second kappa shape index (κ2) is 8.66. The van der Waals surface area contributed by atoms with Crippen molar-refractivity contribution in [3.63, 3.8) is 0 Å². The van der Waals surface area contributed by atoms with E-state index in [1.54, 1.807) is 55.0 Å². The minimum absolute atomic E-state index is 0.181. The number of carbonyl (C=O) groups excluding carboxylic acids is 2. The molecule has 0 radical (unpaired) electrons. The van der Waals surface area contributed by atoms with E-state index in [0.29, 0.717) is 33.9 Å². The first-order valence-electron chi connectivity index (χ1n) is 10.5. The summed E-state index contributed by atoms with van der Waals surface area (Å²) < 4.78 is 16.2. The Balaban J connectivity index is 1.39. The van der Waals surface area contributed by atoms with Crippen molar-refractivity contribution in [1.82, 2.24) is 15.3 Å². The predicted molar refractivity (Wildman–Crippen MR) is 116 cm³/mol. The number of nitrogens with one attached hydrogen (secondary N) is 1. The topological polar surface area (TPSA) is 107 Å². The summed E-state index contributed by atoms with van der Waals surface area (Å²) in [6.45, 7) is -0.311. The number of ether oxygens (including phenoxy) is 1. The standard InChI is InChI=1S/C24H21N3O5/c28-21(25-16-5-1-2-6-16)14-32-24(29)15-9-10-17-18(13-15)27-23(20-8-4-12-31-20)22(26-17)19-7-3-11-30-19/h3-4,7-13,16H,1-2,5-6,14H2,(H,25,28). The Labute approximate surface area is 183 Å². The molecule has 1 saturated carbocycles. The molecule has 0 atom stereocenters. The number of benzene rings is 1. The third-order valence-corrected chi connectivity index (χ3v) is 5.46. The lowest BCUT2D eigenvalue weighted by atomic mass is 10.1. The van der Waals surface area contributed by atoms with Crippen molar-refractivity contribution in [3.05, 3.63) is 60.6 Å². The molecule has 1 aromatic carbocycles. The Kier molecular flexibility index (Phi) is 5.41. The van der Waals surface area contributed by atoms with E-state index < -0.39 is 5.97 Å². The van der Waals surface area contributed by atoms with E-state index in [0.717, 1.165) is 25.7 Å². The number of hydrogen-bond donors (Lipinski definition) is 1. The van der Waals surface area contributed by atoms with Crippen LogP contribution in [-0.2, 0) is 9.53 Å². The third-order valence-electron chi connectivity index (χ3n) is 5.46. The highest BCUT2D eigenvalue weighted by Gasteiger charge is 2.20. The van der Waals surface area contributed by atoms with Crippen LogP contribution in [0.15, 0.2) is 63.8 Å². The molecule has 1 fully saturated rings. The van der Waals surface area contributed by atoms with Gasteiger partial charge in [0.1, 0.15) is 11.4 Å². The highest BCUT2D eigenvalue weighted by atomic mass is 16.5. The molecule has 1 aliphatic rings. The molecule has 8 nitrogen and oxygen atoms in total. The molecular weight excluding hydrogens is 410 g/mol. The molecule has 0 unspecified atom stereocenters. The van der Waals surface area contributed by atoms with Gasteiger partial charge in [0.15, 0.2) is 18.1 Å². The van der Waals surface area contributed by atoms with Crippen molar-refractivity contribution >= 4 is 22.9 Å². The van der Waals surface area contributed by atoms with E-state index in [1.807, 2.05) is 0 Å². The highest BCUT2D eigenvalue weighted by molar-refractivity contribution is 5.95. The number of fused-ring (bicyclic) bond motifs is 1. The molecule has 3 heterocycles. The highest BCUT2D eigenvalue weighted by Crippen LogP contribution is 2.31. The fourth-order valence-electron chi connectivity index (χ4n) is 3.91. The molecule has 1 N–H and O–H groups in total. The smallest absolute Gasteiger partial charge is 0.338 e. The quantitative estimate of drug-likeness (QED) is 0.452. The van der Waals surface area contributed by atoms with Gasteiger partial charge in [0.05, 0.1) is 29.1 Å². The Morgan fingerprint density at radius 2 is 1.59 bits per heavy atom. The monoisotopic (exact) mass is 431 g/mol. The maximum absolute atomic E-state index is 12.5. The Hall–Kier alpha value is -3.94. The first-order valence-corrected chi connectivity index (χ1v) is 10.5. The van der Waals surface area contributed by atoms with Crippen LogP contribution in [0.25, 0.3) is 33.9 Å². The first kappa shape index (κ1) is 20.0. The Morgan fingerprint density at radius 1 is 0.938 bits per heavy atom. The number of hydrogen-bond acceptors (Lipinski definition) is 7. The molecule has 5 rings (SSSR count). The van der Waals surface area contributed by atoms with E-state index >= 15 is 0 Å². The van der Waals surface area contributed by atoms with E-state index in [1.165, 1.54) is 0 Å². The van der Waals surface area contributed by atoms with Gasteiger partial charge in [-0.3, -0.25) is 4.79 Å². The Bertz CT molecular complexity index is 1240. The van der Waals surface area contributed by atoms with E-state index in [9.17, 15) is 9.59 Å². The van der Waals surface area contributed by atoms with Crippen molar-refractivity contribution in [1.29, 1.82) is 0 Å². The number of carbonyl (C=O) groups is 2. The van der Waals surface area contributed by atoms with Gasteiger partial charge in [0.25, 0.3) is 5.91 Å². The van der Waals surface area contributed by atoms with Crippen molar-refractivity contribution in [2.24, 2.45) is 0 Å². The van der Waals surface area contributed by atoms with Gasteiger partial charge in [-0.25, -0.2) is 14.8 Å². The number of aromatic nitrogens is 2. The minimum Gasteiger partial charge on any atom is -0.463 e. The van der Waals surface area contributed by atoms with Crippen LogP contribution in [0.1, 0.15) is 36.0 Å². The van der Waals surface area contributed by atoms with Gasteiger partial charge >= 0.3 is 5.97 Å². The van der Waals surface area contributed by atoms with Gasteiger partial charge in [-0.1, -0.05) is 12.8 Å². The molecule has 1 amide bonds. The van der Waals surface area contributed by atoms with Gasteiger partial charge in [-0.2, -0.15) is 0 Å². The van der Waals surface area contributed by atoms with Crippen molar-refractivity contribution in [2.75, 3.05) is 6.61 Å². The van der Waals surface area contributed by atoms with E-state index in [2.05, 4.69) is 15.3 Å². The molecule has 8 heteroatoms. The zero-order chi connectivity index (χ0) is 21.9. The molecule has 4 aromatic rings. The van der Waals surface area contributed by atoms with E-state index in [-0.39, 0.29) is 24.1 Å². The maximum atomic E-state index is 12.5. The average Bonchev–Trinajstić information content (AvgIpc) is 3.59. The van der Waals surface area contributed by atoms with Gasteiger partial charge in [0.2, 0.25) is 0 Å². The summed E-state index contributed by atoms with van der Waals surface area (Å²) >= 11 is 0.